The van der Waals surface area contributed by atoms with Gasteiger partial charge in [0.1, 0.15) is 0 Å². The highest BCUT2D eigenvalue weighted by Crippen LogP contribution is 2.28. The van der Waals surface area contributed by atoms with Crippen LogP contribution < -0.4 is 0 Å². The van der Waals surface area contributed by atoms with E-state index in [1.54, 1.807) is 0 Å². The van der Waals surface area contributed by atoms with Gasteiger partial charge in [-0.25, -0.2) is 9.78 Å². The number of fused-ring (bicyclic) bond motifs is 1. The number of hydrogen-bond donors (Lipinski definition) is 2. The summed E-state index contributed by atoms with van der Waals surface area (Å²) in [6, 6.07) is 8.26. The molecule has 0 radical (unpaired) electrons. The molecule has 0 bridgehead atoms. The number of carbonyl (C=O) groups is 1. The van der Waals surface area contributed by atoms with Crippen molar-refractivity contribution < 1.29 is 19.9 Å². The van der Waals surface area contributed by atoms with E-state index in [1.807, 2.05) is 0 Å². The molecule has 0 aliphatic rings. The minimum absolute atomic E-state index is 0.0166. The van der Waals surface area contributed by atoms with Crippen LogP contribution in [0.1, 0.15) is 10.5 Å². The number of aromatic carboxylic acids is 1. The summed E-state index contributed by atoms with van der Waals surface area (Å²) in [6.45, 7) is 0. The lowest BCUT2D eigenvalue weighted by Crippen LogP contribution is -1.96. The van der Waals surface area contributed by atoms with Crippen LogP contribution >= 0.6 is 0 Å². The second-order valence-corrected chi connectivity index (χ2v) is 4.65. The molecule has 0 aliphatic heterocycles. The molecule has 0 atom stereocenters. The van der Waals surface area contributed by atoms with Gasteiger partial charge < -0.3 is 10.2 Å². The minimum atomic E-state index is -1.34. The molecule has 3 rings (SSSR count). The van der Waals surface area contributed by atoms with Crippen LogP contribution in [0.5, 0.6) is 5.75 Å². The van der Waals surface area contributed by atoms with Crippen LogP contribution in [0.4, 0.5) is 17.2 Å². The first-order valence-corrected chi connectivity index (χ1v) is 6.57. The Morgan fingerprint density at radius 1 is 1.25 bits per heavy atom. The third kappa shape index (κ3) is 2.63. The molecule has 24 heavy (non-hydrogen) atoms. The number of nitro benzene ring substituents is 1. The molecule has 2 N–H and O–H groups in total. The molecule has 1 aromatic carbocycles. The summed E-state index contributed by atoms with van der Waals surface area (Å²) in [7, 11) is 0. The van der Waals surface area contributed by atoms with Gasteiger partial charge in [0, 0.05) is 18.3 Å². The molecule has 10 heteroatoms. The van der Waals surface area contributed by atoms with Crippen LogP contribution in [-0.2, 0) is 0 Å². The number of carboxylic acids is 1. The summed E-state index contributed by atoms with van der Waals surface area (Å²) in [5, 5.41) is 37.4. The smallest absolute Gasteiger partial charge is 0.358 e. The lowest BCUT2D eigenvalue weighted by atomic mass is 10.3. The number of rotatable bonds is 4. The standard InChI is InChI=1S/C14H9N5O5/c20-10-5-2-6-18-12(10)15-11(14(21)22)13(18)17-16-8-3-1-4-9(7-8)19(23)24/h1-7,20H,(H,21,22). The van der Waals surface area contributed by atoms with Gasteiger partial charge in [-0.2, -0.15) is 0 Å². The fourth-order valence-corrected chi connectivity index (χ4v) is 2.05. The van der Waals surface area contributed by atoms with Crippen LogP contribution in [0.3, 0.4) is 0 Å². The molecule has 0 amide bonds. The molecule has 0 fully saturated rings. The number of imidazole rings is 1. The van der Waals surface area contributed by atoms with Crippen LogP contribution in [-0.4, -0.2) is 30.5 Å². The summed E-state index contributed by atoms with van der Waals surface area (Å²) in [6.07, 6.45) is 1.47. The van der Waals surface area contributed by atoms with Gasteiger partial charge in [-0.15, -0.1) is 10.2 Å². The lowest BCUT2D eigenvalue weighted by molar-refractivity contribution is -0.384. The third-order valence-corrected chi connectivity index (χ3v) is 3.11. The predicted octanol–water partition coefficient (Wildman–Crippen LogP) is 3.06. The number of nitro groups is 1. The Balaban J connectivity index is 2.11. The number of aromatic hydroxyl groups is 1. The van der Waals surface area contributed by atoms with Gasteiger partial charge in [0.2, 0.25) is 0 Å². The van der Waals surface area contributed by atoms with Crippen molar-refractivity contribution in [1.82, 2.24) is 9.38 Å². The topological polar surface area (TPSA) is 143 Å². The monoisotopic (exact) mass is 327 g/mol. The first-order valence-electron chi connectivity index (χ1n) is 6.57. The zero-order chi connectivity index (χ0) is 17.3. The number of non-ortho nitro benzene ring substituents is 1. The molecule has 0 saturated heterocycles. The van der Waals surface area contributed by atoms with E-state index in [2.05, 4.69) is 15.2 Å². The van der Waals surface area contributed by atoms with Gasteiger partial charge >= 0.3 is 5.97 Å². The summed E-state index contributed by atoms with van der Waals surface area (Å²) >= 11 is 0. The molecule has 0 aliphatic carbocycles. The van der Waals surface area contributed by atoms with Crippen molar-refractivity contribution in [1.29, 1.82) is 0 Å². The van der Waals surface area contributed by atoms with E-state index in [0.717, 1.165) is 0 Å². The molecule has 10 nitrogen and oxygen atoms in total. The highest BCUT2D eigenvalue weighted by Gasteiger charge is 2.20. The van der Waals surface area contributed by atoms with E-state index in [9.17, 15) is 25.1 Å². The van der Waals surface area contributed by atoms with E-state index in [4.69, 9.17) is 0 Å². The van der Waals surface area contributed by atoms with E-state index in [0.29, 0.717) is 0 Å². The fraction of sp³-hybridized carbons (Fsp3) is 0. The molecule has 2 heterocycles. The van der Waals surface area contributed by atoms with E-state index < -0.39 is 16.6 Å². The van der Waals surface area contributed by atoms with E-state index in [1.165, 1.54) is 47.0 Å². The second kappa shape index (κ2) is 5.76. The largest absolute Gasteiger partial charge is 0.504 e. The van der Waals surface area contributed by atoms with Crippen LogP contribution in [0.2, 0.25) is 0 Å². The summed E-state index contributed by atoms with van der Waals surface area (Å²) < 4.78 is 1.26. The Kier molecular flexibility index (Phi) is 3.62. The maximum Gasteiger partial charge on any atom is 0.358 e. The molecule has 0 unspecified atom stereocenters. The second-order valence-electron chi connectivity index (χ2n) is 4.65. The van der Waals surface area contributed by atoms with Crippen molar-refractivity contribution in [2.75, 3.05) is 0 Å². The summed E-state index contributed by atoms with van der Waals surface area (Å²) in [5.41, 5.74) is -0.370. The highest BCUT2D eigenvalue weighted by molar-refractivity contribution is 5.92. The number of benzene rings is 1. The van der Waals surface area contributed by atoms with Gasteiger partial charge in [0.25, 0.3) is 5.69 Å². The average molecular weight is 327 g/mol. The maximum atomic E-state index is 11.3. The number of aromatic nitrogens is 2. The number of hydrogen-bond acceptors (Lipinski definition) is 7. The molecular weight excluding hydrogens is 318 g/mol. The average Bonchev–Trinajstić information content (AvgIpc) is 2.93. The van der Waals surface area contributed by atoms with Crippen LogP contribution in [0, 0.1) is 10.1 Å². The van der Waals surface area contributed by atoms with Gasteiger partial charge in [-0.3, -0.25) is 14.5 Å². The summed E-state index contributed by atoms with van der Waals surface area (Å²) in [4.78, 5) is 25.3. The maximum absolute atomic E-state index is 11.3. The van der Waals surface area contributed by atoms with Gasteiger partial charge in [0.05, 0.1) is 10.6 Å². The molecule has 0 spiro atoms. The SMILES string of the molecule is O=C(O)c1nc2c(O)cccn2c1N=Nc1cccc([N+](=O)[O-])c1. The Labute approximate surface area is 133 Å². The first kappa shape index (κ1) is 15.1. The first-order chi connectivity index (χ1) is 11.5. The van der Waals surface area contributed by atoms with Gasteiger partial charge in [0.15, 0.2) is 22.9 Å². The highest BCUT2D eigenvalue weighted by atomic mass is 16.6. The fourth-order valence-electron chi connectivity index (χ4n) is 2.05. The Morgan fingerprint density at radius 3 is 2.75 bits per heavy atom. The van der Waals surface area contributed by atoms with E-state index in [-0.39, 0.29) is 28.6 Å². The van der Waals surface area contributed by atoms with Crippen molar-refractivity contribution in [3.8, 4) is 5.75 Å². The van der Waals surface area contributed by atoms with Crippen molar-refractivity contribution in [2.24, 2.45) is 10.2 Å². The number of azo groups is 1. The van der Waals surface area contributed by atoms with Crippen molar-refractivity contribution in [2.45, 2.75) is 0 Å². The summed E-state index contributed by atoms with van der Waals surface area (Å²) in [5.74, 6) is -1.66. The Morgan fingerprint density at radius 2 is 2.04 bits per heavy atom. The molecule has 120 valence electrons. The van der Waals surface area contributed by atoms with Crippen LogP contribution in [0.25, 0.3) is 5.65 Å². The number of pyridine rings is 1. The zero-order valence-corrected chi connectivity index (χ0v) is 11.9. The van der Waals surface area contributed by atoms with Crippen molar-refractivity contribution in [3.05, 3.63) is 58.4 Å². The zero-order valence-electron chi connectivity index (χ0n) is 11.9. The van der Waals surface area contributed by atoms with Gasteiger partial charge in [-0.05, 0) is 18.2 Å². The Bertz CT molecular complexity index is 994. The molecule has 3 aromatic rings. The number of carboxylic acid groups (broad SMARTS) is 1. The third-order valence-electron chi connectivity index (χ3n) is 3.11. The lowest BCUT2D eigenvalue weighted by Gasteiger charge is -1.97. The normalized spacial score (nSPS) is 11.2. The number of nitrogens with zero attached hydrogens (tertiary/aromatic N) is 5. The molecule has 2 aromatic heterocycles. The quantitative estimate of drug-likeness (QED) is 0.428. The van der Waals surface area contributed by atoms with Crippen molar-refractivity contribution >= 4 is 28.8 Å². The molecule has 0 saturated carbocycles. The predicted molar refractivity (Wildman–Crippen MR) is 81.1 cm³/mol. The van der Waals surface area contributed by atoms with Crippen molar-refractivity contribution in [3.63, 3.8) is 0 Å². The van der Waals surface area contributed by atoms with Gasteiger partial charge in [-0.1, -0.05) is 6.07 Å². The minimum Gasteiger partial charge on any atom is -0.504 e. The van der Waals surface area contributed by atoms with E-state index >= 15 is 0 Å². The molecular formula is C14H9N5O5. The van der Waals surface area contributed by atoms with Crippen LogP contribution in [0.15, 0.2) is 52.8 Å². The Hall–Kier alpha value is -3.82.